The molecule has 132 valence electrons. The van der Waals surface area contributed by atoms with Crippen molar-refractivity contribution < 1.29 is 19.1 Å². The second kappa shape index (κ2) is 8.89. The number of carbonyl (C=O) groups is 2. The van der Waals surface area contributed by atoms with Gasteiger partial charge in [-0.05, 0) is 48.5 Å². The highest BCUT2D eigenvalue weighted by atomic mass is 16.5. The molecule has 0 aliphatic heterocycles. The van der Waals surface area contributed by atoms with Crippen molar-refractivity contribution in [1.82, 2.24) is 0 Å². The molecular weight excluding hydrogens is 334 g/mol. The maximum absolute atomic E-state index is 12.2. The average molecular weight is 351 g/mol. The molecule has 0 spiro atoms. The van der Waals surface area contributed by atoms with E-state index in [2.05, 4.69) is 15.4 Å². The zero-order valence-corrected chi connectivity index (χ0v) is 14.3. The number of nitriles is 1. The average Bonchev–Trinajstić information content (AvgIpc) is 2.69. The number of methoxy groups -OCH3 is 2. The maximum atomic E-state index is 12.2. The van der Waals surface area contributed by atoms with E-state index in [1.807, 2.05) is 6.07 Å². The monoisotopic (exact) mass is 351 g/mol. The van der Waals surface area contributed by atoms with Crippen LogP contribution in [0.5, 0.6) is 5.75 Å². The minimum Gasteiger partial charge on any atom is -0.497 e. The summed E-state index contributed by atoms with van der Waals surface area (Å²) in [6.45, 7) is 0. The van der Waals surface area contributed by atoms with Crippen LogP contribution in [0.25, 0.3) is 0 Å². The number of amides is 1. The number of hydrogen-bond acceptors (Lipinski definition) is 6. The first kappa shape index (κ1) is 18.5. The molecule has 0 aliphatic carbocycles. The Morgan fingerprint density at radius 2 is 1.62 bits per heavy atom. The van der Waals surface area contributed by atoms with Gasteiger partial charge in [-0.1, -0.05) is 0 Å². The summed E-state index contributed by atoms with van der Waals surface area (Å²) in [4.78, 5) is 23.5. The topological polar surface area (TPSA) is 100 Å². The fourth-order valence-electron chi connectivity index (χ4n) is 2.00. The summed E-state index contributed by atoms with van der Waals surface area (Å²) >= 11 is 0. The summed E-state index contributed by atoms with van der Waals surface area (Å²) in [5.74, 6) is -0.323. The van der Waals surface area contributed by atoms with Crippen LogP contribution < -0.4 is 15.4 Å². The van der Waals surface area contributed by atoms with Crippen LogP contribution in [-0.4, -0.2) is 26.1 Å². The smallest absolute Gasteiger partial charge is 0.337 e. The maximum Gasteiger partial charge on any atom is 0.337 e. The lowest BCUT2D eigenvalue weighted by Gasteiger charge is -2.06. The SMILES string of the molecule is COC(=O)c1ccc(N/C=C(\C#N)C(=O)Nc2ccc(OC)cc2)cc1. The molecule has 2 aromatic rings. The van der Waals surface area contributed by atoms with Crippen molar-refractivity contribution in [2.45, 2.75) is 0 Å². The Bertz CT molecular complexity index is 850. The van der Waals surface area contributed by atoms with Crippen LogP contribution in [0, 0.1) is 11.3 Å². The molecule has 0 unspecified atom stereocenters. The number of esters is 1. The molecular formula is C19H17N3O4. The van der Waals surface area contributed by atoms with E-state index in [9.17, 15) is 14.9 Å². The van der Waals surface area contributed by atoms with Crippen LogP contribution >= 0.6 is 0 Å². The minimum absolute atomic E-state index is 0.0992. The van der Waals surface area contributed by atoms with Gasteiger partial charge in [0.1, 0.15) is 17.4 Å². The molecule has 0 aromatic heterocycles. The number of hydrogen-bond donors (Lipinski definition) is 2. The fourth-order valence-corrected chi connectivity index (χ4v) is 2.00. The summed E-state index contributed by atoms with van der Waals surface area (Å²) < 4.78 is 9.66. The van der Waals surface area contributed by atoms with Crippen LogP contribution in [-0.2, 0) is 9.53 Å². The molecule has 0 saturated carbocycles. The van der Waals surface area contributed by atoms with Crippen LogP contribution in [0.2, 0.25) is 0 Å². The quantitative estimate of drug-likeness (QED) is 0.471. The Morgan fingerprint density at radius 1 is 1.00 bits per heavy atom. The highest BCUT2D eigenvalue weighted by Gasteiger charge is 2.10. The van der Waals surface area contributed by atoms with Crippen LogP contribution in [0.15, 0.2) is 60.3 Å². The Balaban J connectivity index is 2.03. The molecule has 2 aromatic carbocycles. The van der Waals surface area contributed by atoms with Gasteiger partial charge in [-0.15, -0.1) is 0 Å². The zero-order valence-electron chi connectivity index (χ0n) is 14.3. The van der Waals surface area contributed by atoms with Crippen molar-refractivity contribution in [2.24, 2.45) is 0 Å². The van der Waals surface area contributed by atoms with E-state index in [1.54, 1.807) is 55.6 Å². The predicted octanol–water partition coefficient (Wildman–Crippen LogP) is 2.94. The van der Waals surface area contributed by atoms with Crippen molar-refractivity contribution in [3.63, 3.8) is 0 Å². The van der Waals surface area contributed by atoms with Crippen LogP contribution in [0.1, 0.15) is 10.4 Å². The lowest BCUT2D eigenvalue weighted by Crippen LogP contribution is -2.14. The molecule has 0 radical (unpaired) electrons. The highest BCUT2D eigenvalue weighted by molar-refractivity contribution is 6.06. The summed E-state index contributed by atoms with van der Waals surface area (Å²) in [5.41, 5.74) is 1.46. The van der Waals surface area contributed by atoms with E-state index in [-0.39, 0.29) is 5.57 Å². The largest absolute Gasteiger partial charge is 0.497 e. The number of rotatable bonds is 6. The number of nitrogens with one attached hydrogen (secondary N) is 2. The van der Waals surface area contributed by atoms with E-state index in [0.717, 1.165) is 0 Å². The summed E-state index contributed by atoms with van der Waals surface area (Å²) in [7, 11) is 2.85. The molecule has 7 heteroatoms. The molecule has 0 atom stereocenters. The van der Waals surface area contributed by atoms with Gasteiger partial charge in [0.05, 0.1) is 19.8 Å². The number of anilines is 2. The lowest BCUT2D eigenvalue weighted by molar-refractivity contribution is -0.112. The first-order chi connectivity index (χ1) is 12.6. The molecule has 0 saturated heterocycles. The number of benzene rings is 2. The van der Waals surface area contributed by atoms with Crippen LogP contribution in [0.4, 0.5) is 11.4 Å². The Labute approximate surface area is 150 Å². The van der Waals surface area contributed by atoms with Gasteiger partial charge in [0, 0.05) is 17.6 Å². The minimum atomic E-state index is -0.545. The van der Waals surface area contributed by atoms with E-state index >= 15 is 0 Å². The van der Waals surface area contributed by atoms with Crippen molar-refractivity contribution in [1.29, 1.82) is 5.26 Å². The van der Waals surface area contributed by atoms with Gasteiger partial charge in [-0.2, -0.15) is 5.26 Å². The number of carbonyl (C=O) groups excluding carboxylic acids is 2. The Morgan fingerprint density at radius 3 is 2.15 bits per heavy atom. The molecule has 26 heavy (non-hydrogen) atoms. The van der Waals surface area contributed by atoms with Gasteiger partial charge in [-0.3, -0.25) is 4.79 Å². The van der Waals surface area contributed by atoms with E-state index in [0.29, 0.717) is 22.7 Å². The molecule has 0 fully saturated rings. The second-order valence-electron chi connectivity index (χ2n) is 5.07. The van der Waals surface area contributed by atoms with Crippen LogP contribution in [0.3, 0.4) is 0 Å². The summed E-state index contributed by atoms with van der Waals surface area (Å²) in [6, 6.07) is 15.0. The third-order valence-electron chi connectivity index (χ3n) is 3.40. The standard InChI is InChI=1S/C19H17N3O4/c1-25-17-9-7-16(8-10-17)22-18(23)14(11-20)12-21-15-5-3-13(4-6-15)19(24)26-2/h3-10,12,21H,1-2H3,(H,22,23)/b14-12+. The van der Waals surface area contributed by atoms with Gasteiger partial charge in [0.2, 0.25) is 0 Å². The normalized spacial score (nSPS) is 10.4. The Hall–Kier alpha value is -3.79. The number of ether oxygens (including phenoxy) is 2. The van der Waals surface area contributed by atoms with Crippen molar-refractivity contribution in [3.05, 3.63) is 65.9 Å². The summed E-state index contributed by atoms with van der Waals surface area (Å²) in [5, 5.41) is 14.7. The molecule has 1 amide bonds. The van der Waals surface area contributed by atoms with Gasteiger partial charge in [0.15, 0.2) is 0 Å². The molecule has 0 heterocycles. The molecule has 0 aliphatic rings. The summed E-state index contributed by atoms with van der Waals surface area (Å²) in [6.07, 6.45) is 1.30. The molecule has 2 rings (SSSR count). The first-order valence-electron chi connectivity index (χ1n) is 7.58. The van der Waals surface area contributed by atoms with Gasteiger partial charge < -0.3 is 20.1 Å². The van der Waals surface area contributed by atoms with Crippen molar-refractivity contribution in [2.75, 3.05) is 24.9 Å². The predicted molar refractivity (Wildman–Crippen MR) is 96.7 cm³/mol. The molecule has 0 bridgehead atoms. The van der Waals surface area contributed by atoms with Crippen molar-refractivity contribution in [3.8, 4) is 11.8 Å². The van der Waals surface area contributed by atoms with Gasteiger partial charge >= 0.3 is 5.97 Å². The van der Waals surface area contributed by atoms with Crippen molar-refractivity contribution >= 4 is 23.3 Å². The van der Waals surface area contributed by atoms with Gasteiger partial charge in [-0.25, -0.2) is 4.79 Å². The zero-order chi connectivity index (χ0) is 18.9. The fraction of sp³-hybridized carbons (Fsp3) is 0.105. The van der Waals surface area contributed by atoms with E-state index in [1.165, 1.54) is 13.3 Å². The second-order valence-corrected chi connectivity index (χ2v) is 5.07. The number of nitrogens with zero attached hydrogens (tertiary/aromatic N) is 1. The third-order valence-corrected chi connectivity index (χ3v) is 3.40. The molecule has 7 nitrogen and oxygen atoms in total. The third kappa shape index (κ3) is 4.85. The first-order valence-corrected chi connectivity index (χ1v) is 7.58. The highest BCUT2D eigenvalue weighted by Crippen LogP contribution is 2.16. The van der Waals surface area contributed by atoms with E-state index in [4.69, 9.17) is 4.74 Å². The van der Waals surface area contributed by atoms with E-state index < -0.39 is 11.9 Å². The Kier molecular flexibility index (Phi) is 6.34. The lowest BCUT2D eigenvalue weighted by atomic mass is 10.2. The molecule has 2 N–H and O–H groups in total. The van der Waals surface area contributed by atoms with Gasteiger partial charge in [0.25, 0.3) is 5.91 Å².